The third kappa shape index (κ3) is 7.90. The summed E-state index contributed by atoms with van der Waals surface area (Å²) in [7, 11) is 0. The van der Waals surface area contributed by atoms with E-state index in [1.165, 1.54) is 12.3 Å². The van der Waals surface area contributed by atoms with Crippen molar-refractivity contribution < 1.29 is 24.6 Å². The topological polar surface area (TPSA) is 185 Å². The maximum absolute atomic E-state index is 12.5. The molecule has 35 heavy (non-hydrogen) atoms. The number of aliphatic hydroxyl groups is 1. The number of carboxylic acid groups (broad SMARTS) is 1. The largest absolute Gasteiger partial charge is 0.481 e. The second-order valence-corrected chi connectivity index (χ2v) is 9.41. The Labute approximate surface area is 215 Å². The Morgan fingerprint density at radius 3 is 2.51 bits per heavy atom. The standard InChI is InChI=1S/C21H22Br2N6O6/c22-12-1-10(2-13(23)4-12)15(5-18(32)33)28-17(31)9-25-19(34)11-3-16(20(35)24-6-11)29-21-26-7-14(30)8-27-21/h1-4,6,14-15,30H,5,7-9H2,(H,24,35)(H,25,34)(H,28,31)(H,32,33)(H2,26,27,29). The SMILES string of the molecule is O=C(O)CC(NC(=O)CNC(=O)c1c[nH]c(=O)c(NC2=NCC(O)CN2)c1)c1cc(Br)cc(Br)c1. The molecule has 2 aromatic rings. The summed E-state index contributed by atoms with van der Waals surface area (Å²) < 4.78 is 1.40. The zero-order valence-electron chi connectivity index (χ0n) is 18.1. The predicted molar refractivity (Wildman–Crippen MR) is 134 cm³/mol. The van der Waals surface area contributed by atoms with E-state index >= 15 is 0 Å². The molecule has 2 atom stereocenters. The van der Waals surface area contributed by atoms with Gasteiger partial charge in [-0.25, -0.2) is 0 Å². The van der Waals surface area contributed by atoms with Crippen LogP contribution < -0.4 is 26.8 Å². The number of aliphatic carboxylic acids is 1. The number of amides is 2. The molecule has 7 N–H and O–H groups in total. The van der Waals surface area contributed by atoms with Crippen molar-refractivity contribution in [3.05, 3.63) is 60.9 Å². The van der Waals surface area contributed by atoms with Crippen molar-refractivity contribution in [1.82, 2.24) is 20.9 Å². The van der Waals surface area contributed by atoms with Gasteiger partial charge in [0.15, 0.2) is 5.96 Å². The molecule has 0 spiro atoms. The molecule has 1 aromatic carbocycles. The number of carbonyl (C=O) groups excluding carboxylic acids is 2. The van der Waals surface area contributed by atoms with Crippen LogP contribution in [0.25, 0.3) is 0 Å². The van der Waals surface area contributed by atoms with Gasteiger partial charge in [0.1, 0.15) is 5.69 Å². The lowest BCUT2D eigenvalue weighted by Gasteiger charge is -2.19. The Hall–Kier alpha value is -3.23. The Morgan fingerprint density at radius 1 is 1.17 bits per heavy atom. The summed E-state index contributed by atoms with van der Waals surface area (Å²) in [4.78, 5) is 54.9. The van der Waals surface area contributed by atoms with E-state index in [2.05, 4.69) is 63.1 Å². The van der Waals surface area contributed by atoms with Crippen LogP contribution in [0.15, 0.2) is 49.2 Å². The Balaban J connectivity index is 1.63. The van der Waals surface area contributed by atoms with Crippen LogP contribution in [0.1, 0.15) is 28.4 Å². The lowest BCUT2D eigenvalue weighted by molar-refractivity contribution is -0.137. The van der Waals surface area contributed by atoms with Crippen LogP contribution in [0, 0.1) is 0 Å². The number of nitrogens with one attached hydrogen (secondary N) is 5. The molecule has 1 aromatic heterocycles. The quantitative estimate of drug-likeness (QED) is 0.227. The van der Waals surface area contributed by atoms with Crippen molar-refractivity contribution in [3.63, 3.8) is 0 Å². The Morgan fingerprint density at radius 2 is 1.89 bits per heavy atom. The van der Waals surface area contributed by atoms with Crippen molar-refractivity contribution in [2.75, 3.05) is 25.0 Å². The first-order valence-electron chi connectivity index (χ1n) is 10.3. The molecule has 14 heteroatoms. The van der Waals surface area contributed by atoms with E-state index in [9.17, 15) is 29.4 Å². The molecule has 3 rings (SSSR count). The van der Waals surface area contributed by atoms with Gasteiger partial charge in [0.2, 0.25) is 5.91 Å². The van der Waals surface area contributed by atoms with Gasteiger partial charge in [0, 0.05) is 21.7 Å². The second-order valence-electron chi connectivity index (χ2n) is 7.58. The minimum atomic E-state index is -1.10. The van der Waals surface area contributed by atoms with E-state index < -0.39 is 42.0 Å². The summed E-state index contributed by atoms with van der Waals surface area (Å²) in [5.74, 6) is -2.05. The fourth-order valence-electron chi connectivity index (χ4n) is 3.16. The molecule has 2 amide bonds. The first-order chi connectivity index (χ1) is 16.6. The maximum atomic E-state index is 12.5. The molecule has 12 nitrogen and oxygen atoms in total. The van der Waals surface area contributed by atoms with Crippen molar-refractivity contribution >= 4 is 61.3 Å². The molecule has 0 fully saturated rings. The number of pyridine rings is 1. The highest BCUT2D eigenvalue weighted by Crippen LogP contribution is 2.26. The molecule has 0 aliphatic carbocycles. The van der Waals surface area contributed by atoms with Crippen LogP contribution in [0.3, 0.4) is 0 Å². The van der Waals surface area contributed by atoms with Gasteiger partial charge < -0.3 is 36.5 Å². The van der Waals surface area contributed by atoms with Crippen molar-refractivity contribution in [2.45, 2.75) is 18.6 Å². The molecule has 0 radical (unpaired) electrons. The minimum Gasteiger partial charge on any atom is -0.481 e. The van der Waals surface area contributed by atoms with Crippen LogP contribution in [0.5, 0.6) is 0 Å². The fraction of sp³-hybridized carbons (Fsp3) is 0.286. The van der Waals surface area contributed by atoms with E-state index in [4.69, 9.17) is 0 Å². The summed E-state index contributed by atoms with van der Waals surface area (Å²) in [5.41, 5.74) is 0.198. The number of aromatic amines is 1. The number of guanidine groups is 1. The number of benzene rings is 1. The molecule has 0 saturated carbocycles. The number of aliphatic imine (C=N–C) groups is 1. The van der Waals surface area contributed by atoms with Gasteiger partial charge in [0.05, 0.1) is 37.2 Å². The van der Waals surface area contributed by atoms with Crippen molar-refractivity contribution in [1.29, 1.82) is 0 Å². The molecule has 2 unspecified atom stereocenters. The average molecular weight is 614 g/mol. The zero-order valence-corrected chi connectivity index (χ0v) is 21.3. The monoisotopic (exact) mass is 612 g/mol. The number of anilines is 1. The molecule has 186 valence electrons. The third-order valence-electron chi connectivity index (χ3n) is 4.79. The summed E-state index contributed by atoms with van der Waals surface area (Å²) in [6, 6.07) is 5.64. The third-order valence-corrected chi connectivity index (χ3v) is 5.71. The number of aliphatic hydroxyl groups excluding tert-OH is 1. The number of β-amino-alcohol motifs (C(OH)–C–C–N with tert-alkyl or cyclic N) is 1. The molecule has 0 bridgehead atoms. The number of nitrogens with zero attached hydrogens (tertiary/aromatic N) is 1. The summed E-state index contributed by atoms with van der Waals surface area (Å²) in [6.45, 7) is 0.0131. The molecular formula is C21H22Br2N6O6. The lowest BCUT2D eigenvalue weighted by Crippen LogP contribution is -2.43. The minimum absolute atomic E-state index is 0.0477. The highest BCUT2D eigenvalue weighted by atomic mass is 79.9. The van der Waals surface area contributed by atoms with E-state index in [0.717, 1.165) is 0 Å². The number of carboxylic acids is 1. The number of carbonyl (C=O) groups is 3. The second kappa shape index (κ2) is 12.0. The van der Waals surface area contributed by atoms with Crippen molar-refractivity contribution in [3.8, 4) is 0 Å². The van der Waals surface area contributed by atoms with Crippen LogP contribution in [-0.4, -0.2) is 64.7 Å². The van der Waals surface area contributed by atoms with Gasteiger partial charge in [-0.1, -0.05) is 31.9 Å². The van der Waals surface area contributed by atoms with Gasteiger partial charge in [-0.2, -0.15) is 0 Å². The Kier molecular flexibility index (Phi) is 9.01. The number of H-pyrrole nitrogens is 1. The van der Waals surface area contributed by atoms with Crippen molar-refractivity contribution in [2.24, 2.45) is 4.99 Å². The van der Waals surface area contributed by atoms with Crippen LogP contribution in [0.4, 0.5) is 5.69 Å². The summed E-state index contributed by atoms with van der Waals surface area (Å²) in [6.07, 6.45) is 0.224. The molecule has 1 aliphatic rings. The molecule has 2 heterocycles. The molecule has 0 saturated heterocycles. The predicted octanol–water partition coefficient (Wildman–Crippen LogP) is 0.694. The number of aromatic nitrogens is 1. The zero-order chi connectivity index (χ0) is 25.5. The van der Waals surface area contributed by atoms with E-state index in [1.54, 1.807) is 18.2 Å². The van der Waals surface area contributed by atoms with Gasteiger partial charge >= 0.3 is 5.97 Å². The molecule has 1 aliphatic heterocycles. The van der Waals surface area contributed by atoms with E-state index in [1.807, 2.05) is 0 Å². The summed E-state index contributed by atoms with van der Waals surface area (Å²) >= 11 is 6.67. The first kappa shape index (κ1) is 26.4. The van der Waals surface area contributed by atoms with Gasteiger partial charge in [-0.05, 0) is 29.8 Å². The van der Waals surface area contributed by atoms with E-state index in [-0.39, 0.29) is 36.7 Å². The Bertz CT molecular complexity index is 1200. The normalized spacial score (nSPS) is 15.9. The number of halogens is 2. The fourth-order valence-corrected chi connectivity index (χ4v) is 4.49. The van der Waals surface area contributed by atoms with Gasteiger partial charge in [0.25, 0.3) is 11.5 Å². The van der Waals surface area contributed by atoms with Crippen LogP contribution in [-0.2, 0) is 9.59 Å². The highest BCUT2D eigenvalue weighted by Gasteiger charge is 2.20. The number of rotatable bonds is 8. The smallest absolute Gasteiger partial charge is 0.305 e. The van der Waals surface area contributed by atoms with Gasteiger partial charge in [-0.15, -0.1) is 0 Å². The van der Waals surface area contributed by atoms with E-state index in [0.29, 0.717) is 14.5 Å². The average Bonchev–Trinajstić information content (AvgIpc) is 2.79. The number of hydrogen-bond acceptors (Lipinski definition) is 8. The number of hydrogen-bond donors (Lipinski definition) is 7. The van der Waals surface area contributed by atoms with Crippen LogP contribution >= 0.6 is 31.9 Å². The summed E-state index contributed by atoms with van der Waals surface area (Å²) in [5, 5.41) is 29.3. The first-order valence-corrected chi connectivity index (χ1v) is 11.9. The maximum Gasteiger partial charge on any atom is 0.305 e. The highest BCUT2D eigenvalue weighted by molar-refractivity contribution is 9.11. The molecular weight excluding hydrogens is 592 g/mol. The lowest BCUT2D eigenvalue weighted by atomic mass is 10.0. The van der Waals surface area contributed by atoms with Gasteiger partial charge in [-0.3, -0.25) is 24.2 Å². The van der Waals surface area contributed by atoms with Crippen LogP contribution in [0.2, 0.25) is 0 Å².